The third kappa shape index (κ3) is 1.82. The highest BCUT2D eigenvalue weighted by Gasteiger charge is 2.30. The Hall–Kier alpha value is -1.69. The molecule has 0 radical (unpaired) electrons. The minimum absolute atomic E-state index is 0.206. The van der Waals surface area contributed by atoms with Gasteiger partial charge in [0.1, 0.15) is 0 Å². The Morgan fingerprint density at radius 2 is 2.22 bits per heavy atom. The first-order valence-electron chi connectivity index (χ1n) is 5.62. The van der Waals surface area contributed by atoms with Gasteiger partial charge in [0, 0.05) is 17.1 Å². The van der Waals surface area contributed by atoms with Crippen molar-refractivity contribution in [3.8, 4) is 0 Å². The first-order chi connectivity index (χ1) is 8.65. The normalized spacial score (nSPS) is 20.2. The minimum Gasteiger partial charge on any atom is -0.296 e. The molecule has 5 nitrogen and oxygen atoms in total. The average Bonchev–Trinajstić information content (AvgIpc) is 2.76. The fourth-order valence-electron chi connectivity index (χ4n) is 2.25. The van der Waals surface area contributed by atoms with Crippen molar-refractivity contribution in [1.82, 2.24) is 14.9 Å². The molecule has 2 amide bonds. The van der Waals surface area contributed by atoms with Crippen LogP contribution in [0.5, 0.6) is 0 Å². The number of rotatable bonds is 1. The van der Waals surface area contributed by atoms with Crippen LogP contribution in [0.3, 0.4) is 0 Å². The van der Waals surface area contributed by atoms with Crippen LogP contribution in [-0.4, -0.2) is 21.4 Å². The summed E-state index contributed by atoms with van der Waals surface area (Å²) >= 11 is 3.43. The summed E-state index contributed by atoms with van der Waals surface area (Å²) in [6.07, 6.45) is 2.58. The molecule has 92 valence electrons. The van der Waals surface area contributed by atoms with Crippen molar-refractivity contribution in [3.63, 3.8) is 0 Å². The number of pyridine rings is 1. The van der Waals surface area contributed by atoms with Gasteiger partial charge >= 0.3 is 0 Å². The van der Waals surface area contributed by atoms with E-state index in [1.54, 1.807) is 10.7 Å². The van der Waals surface area contributed by atoms with E-state index in [0.717, 1.165) is 15.7 Å². The number of piperidine rings is 1. The van der Waals surface area contributed by atoms with E-state index in [4.69, 9.17) is 0 Å². The number of nitrogens with one attached hydrogen (secondary N) is 1. The predicted molar refractivity (Wildman–Crippen MR) is 68.0 cm³/mol. The van der Waals surface area contributed by atoms with Gasteiger partial charge in [-0.05, 0) is 24.6 Å². The van der Waals surface area contributed by atoms with Gasteiger partial charge in [-0.1, -0.05) is 15.9 Å². The fourth-order valence-corrected chi connectivity index (χ4v) is 2.72. The molecule has 1 atom stereocenters. The van der Waals surface area contributed by atoms with Crippen LogP contribution in [0, 0.1) is 0 Å². The Morgan fingerprint density at radius 3 is 3.00 bits per heavy atom. The molecule has 1 aliphatic rings. The third-order valence-electron chi connectivity index (χ3n) is 3.08. The topological polar surface area (TPSA) is 63.5 Å². The van der Waals surface area contributed by atoms with Gasteiger partial charge in [0.25, 0.3) is 0 Å². The summed E-state index contributed by atoms with van der Waals surface area (Å²) in [5.41, 5.74) is 1.72. The highest BCUT2D eigenvalue weighted by Crippen LogP contribution is 2.27. The predicted octanol–water partition coefficient (Wildman–Crippen LogP) is 1.62. The molecule has 1 unspecified atom stereocenters. The minimum atomic E-state index is -0.331. The molecule has 0 spiro atoms. The van der Waals surface area contributed by atoms with Crippen molar-refractivity contribution in [1.29, 1.82) is 0 Å². The van der Waals surface area contributed by atoms with Crippen LogP contribution in [0.2, 0.25) is 0 Å². The van der Waals surface area contributed by atoms with E-state index in [1.165, 1.54) is 0 Å². The summed E-state index contributed by atoms with van der Waals surface area (Å²) in [6.45, 7) is 0. The Kier molecular flexibility index (Phi) is 2.66. The molecule has 0 saturated carbocycles. The smallest absolute Gasteiger partial charge is 0.235 e. The molecule has 1 fully saturated rings. The van der Waals surface area contributed by atoms with Crippen molar-refractivity contribution in [3.05, 3.63) is 34.6 Å². The van der Waals surface area contributed by atoms with Gasteiger partial charge in [-0.3, -0.25) is 14.9 Å². The van der Waals surface area contributed by atoms with Gasteiger partial charge in [0.2, 0.25) is 11.8 Å². The highest BCUT2D eigenvalue weighted by molar-refractivity contribution is 9.10. The zero-order valence-corrected chi connectivity index (χ0v) is 11.0. The van der Waals surface area contributed by atoms with Crippen LogP contribution < -0.4 is 5.32 Å². The first kappa shape index (κ1) is 11.4. The molecule has 2 aromatic rings. The molecule has 2 aromatic heterocycles. The number of nitrogens with zero attached hydrogens (tertiary/aromatic N) is 2. The summed E-state index contributed by atoms with van der Waals surface area (Å²) in [6, 6.07) is 5.68. The van der Waals surface area contributed by atoms with Crippen molar-refractivity contribution in [2.45, 2.75) is 18.8 Å². The SMILES string of the molecule is O=C1CCC(c2cc(Br)cc3ccnn23)C(=O)N1. The molecular weight excluding hydrogens is 298 g/mol. The molecular formula is C12H10BrN3O2. The lowest BCUT2D eigenvalue weighted by atomic mass is 9.94. The maximum Gasteiger partial charge on any atom is 0.235 e. The quantitative estimate of drug-likeness (QED) is 0.814. The zero-order valence-electron chi connectivity index (χ0n) is 9.39. The molecule has 6 heteroatoms. The Bertz CT molecular complexity index is 650. The summed E-state index contributed by atoms with van der Waals surface area (Å²) in [7, 11) is 0. The molecule has 18 heavy (non-hydrogen) atoms. The van der Waals surface area contributed by atoms with Crippen LogP contribution >= 0.6 is 15.9 Å². The summed E-state index contributed by atoms with van der Waals surface area (Å²) in [5.74, 6) is -0.785. The van der Waals surface area contributed by atoms with Crippen LogP contribution in [0.25, 0.3) is 5.52 Å². The van der Waals surface area contributed by atoms with Crippen molar-refractivity contribution in [2.24, 2.45) is 0 Å². The fraction of sp³-hybridized carbons (Fsp3) is 0.250. The number of hydrogen-bond donors (Lipinski definition) is 1. The van der Waals surface area contributed by atoms with Gasteiger partial charge in [0.15, 0.2) is 0 Å². The molecule has 1 N–H and O–H groups in total. The lowest BCUT2D eigenvalue weighted by Crippen LogP contribution is -2.40. The molecule has 1 aliphatic heterocycles. The molecule has 3 heterocycles. The standard InChI is InChI=1S/C12H10BrN3O2/c13-7-5-8-3-4-14-16(8)10(6-7)9-1-2-11(17)15-12(9)18/h3-6,9H,1-2H2,(H,15,17,18). The second kappa shape index (κ2) is 4.20. The number of carbonyl (C=O) groups is 2. The number of imide groups is 1. The van der Waals surface area contributed by atoms with E-state index in [0.29, 0.717) is 12.8 Å². The average molecular weight is 308 g/mol. The second-order valence-corrected chi connectivity index (χ2v) is 5.19. The summed E-state index contributed by atoms with van der Waals surface area (Å²) in [4.78, 5) is 23.1. The van der Waals surface area contributed by atoms with E-state index in [-0.39, 0.29) is 17.7 Å². The monoisotopic (exact) mass is 307 g/mol. The van der Waals surface area contributed by atoms with Crippen molar-refractivity contribution in [2.75, 3.05) is 0 Å². The number of fused-ring (bicyclic) bond motifs is 1. The van der Waals surface area contributed by atoms with Gasteiger partial charge in [-0.2, -0.15) is 5.10 Å². The van der Waals surface area contributed by atoms with Gasteiger partial charge in [0.05, 0.1) is 17.1 Å². The number of amides is 2. The van der Waals surface area contributed by atoms with E-state index in [9.17, 15) is 9.59 Å². The lowest BCUT2D eigenvalue weighted by molar-refractivity contribution is -0.134. The molecule has 0 aliphatic carbocycles. The van der Waals surface area contributed by atoms with Crippen molar-refractivity contribution < 1.29 is 9.59 Å². The molecule has 0 aromatic carbocycles. The second-order valence-electron chi connectivity index (χ2n) is 4.27. The summed E-state index contributed by atoms with van der Waals surface area (Å²) < 4.78 is 2.64. The van der Waals surface area contributed by atoms with Crippen LogP contribution in [0.15, 0.2) is 28.9 Å². The van der Waals surface area contributed by atoms with Crippen LogP contribution in [-0.2, 0) is 9.59 Å². The van der Waals surface area contributed by atoms with E-state index in [2.05, 4.69) is 26.3 Å². The summed E-state index contributed by atoms with van der Waals surface area (Å²) in [5, 5.41) is 6.59. The first-order valence-corrected chi connectivity index (χ1v) is 6.41. The van der Waals surface area contributed by atoms with E-state index >= 15 is 0 Å². The van der Waals surface area contributed by atoms with E-state index < -0.39 is 0 Å². The van der Waals surface area contributed by atoms with Gasteiger partial charge < -0.3 is 0 Å². The number of hydrogen-bond acceptors (Lipinski definition) is 3. The lowest BCUT2D eigenvalue weighted by Gasteiger charge is -2.21. The van der Waals surface area contributed by atoms with Crippen LogP contribution in [0.4, 0.5) is 0 Å². The molecule has 1 saturated heterocycles. The van der Waals surface area contributed by atoms with Crippen molar-refractivity contribution >= 4 is 33.3 Å². The maximum absolute atomic E-state index is 11.9. The zero-order chi connectivity index (χ0) is 12.7. The Balaban J connectivity index is 2.11. The Morgan fingerprint density at radius 1 is 1.39 bits per heavy atom. The number of halogens is 1. The molecule has 3 rings (SSSR count). The maximum atomic E-state index is 11.9. The molecule has 0 bridgehead atoms. The van der Waals surface area contributed by atoms with Gasteiger partial charge in [-0.15, -0.1) is 0 Å². The van der Waals surface area contributed by atoms with Crippen LogP contribution in [0.1, 0.15) is 24.5 Å². The van der Waals surface area contributed by atoms with Gasteiger partial charge in [-0.25, -0.2) is 4.52 Å². The Labute approximate surface area is 111 Å². The highest BCUT2D eigenvalue weighted by atomic mass is 79.9. The third-order valence-corrected chi connectivity index (χ3v) is 3.54. The number of carbonyl (C=O) groups excluding carboxylic acids is 2. The largest absolute Gasteiger partial charge is 0.296 e. The van der Waals surface area contributed by atoms with E-state index in [1.807, 2.05) is 18.2 Å². The number of aromatic nitrogens is 2.